The number of rotatable bonds is 4. The number of carbonyl (C=O) groups is 1. The summed E-state index contributed by atoms with van der Waals surface area (Å²) < 4.78 is 26.4. The van der Waals surface area contributed by atoms with Crippen molar-refractivity contribution in [3.63, 3.8) is 0 Å². The first-order valence-electron chi connectivity index (χ1n) is 7.92. The highest BCUT2D eigenvalue weighted by atomic mass is 19.1. The Balaban J connectivity index is 2.43. The molecular weight excluding hydrogens is 296 g/mol. The number of carbonyl (C=O) groups excluding carboxylic acids is 1. The van der Waals surface area contributed by atoms with Crippen LogP contribution < -0.4 is 11.2 Å². The number of nitrogens with two attached hydrogens (primary N) is 1. The second kappa shape index (κ2) is 5.91. The normalized spacial score (nSPS) is 23.6. The molecule has 1 atom stereocenters. The van der Waals surface area contributed by atoms with E-state index in [1.54, 1.807) is 13.0 Å². The van der Waals surface area contributed by atoms with Crippen LogP contribution in [0.3, 0.4) is 0 Å². The summed E-state index contributed by atoms with van der Waals surface area (Å²) in [5.41, 5.74) is 5.29. The summed E-state index contributed by atoms with van der Waals surface area (Å²) >= 11 is 0. The van der Waals surface area contributed by atoms with Crippen molar-refractivity contribution in [2.75, 3.05) is 0 Å². The highest BCUT2D eigenvalue weighted by molar-refractivity contribution is 6.62. The Bertz CT molecular complexity index is 633. The van der Waals surface area contributed by atoms with Gasteiger partial charge in [0.15, 0.2) is 0 Å². The molecule has 0 aliphatic carbocycles. The molecule has 6 heteroatoms. The Labute approximate surface area is 137 Å². The molecule has 23 heavy (non-hydrogen) atoms. The monoisotopic (exact) mass is 321 g/mol. The number of hydrogen-bond acceptors (Lipinski definition) is 3. The van der Waals surface area contributed by atoms with Gasteiger partial charge in [0, 0.05) is 5.56 Å². The molecule has 0 saturated carbocycles. The average molecular weight is 321 g/mol. The molecule has 0 bridgehead atoms. The minimum atomic E-state index is -0.720. The Morgan fingerprint density at radius 1 is 1.30 bits per heavy atom. The van der Waals surface area contributed by atoms with E-state index in [0.717, 1.165) is 12.5 Å². The highest BCUT2D eigenvalue weighted by Gasteiger charge is 2.55. The fourth-order valence-corrected chi connectivity index (χ4v) is 3.08. The zero-order chi connectivity index (χ0) is 17.6. The van der Waals surface area contributed by atoms with Crippen molar-refractivity contribution in [3.05, 3.63) is 29.1 Å². The number of primary amides is 1. The molecule has 1 unspecified atom stereocenters. The van der Waals surface area contributed by atoms with Crippen molar-refractivity contribution < 1.29 is 18.5 Å². The molecule has 0 spiro atoms. The van der Waals surface area contributed by atoms with Crippen LogP contribution in [0.25, 0.3) is 0 Å². The first-order valence-corrected chi connectivity index (χ1v) is 7.92. The maximum Gasteiger partial charge on any atom is 0.495 e. The maximum atomic E-state index is 14.1. The highest BCUT2D eigenvalue weighted by Crippen LogP contribution is 2.41. The van der Waals surface area contributed by atoms with E-state index in [1.165, 1.54) is 0 Å². The van der Waals surface area contributed by atoms with Crippen LogP contribution in [0.5, 0.6) is 0 Å². The van der Waals surface area contributed by atoms with Gasteiger partial charge in [-0.05, 0) is 63.2 Å². The van der Waals surface area contributed by atoms with Gasteiger partial charge >= 0.3 is 7.12 Å². The van der Waals surface area contributed by atoms with E-state index < -0.39 is 30.0 Å². The third-order valence-corrected chi connectivity index (χ3v) is 4.76. The van der Waals surface area contributed by atoms with Crippen LogP contribution >= 0.6 is 0 Å². The lowest BCUT2D eigenvalue weighted by Crippen LogP contribution is -2.45. The van der Waals surface area contributed by atoms with Crippen molar-refractivity contribution in [2.45, 2.75) is 59.2 Å². The zero-order valence-electron chi connectivity index (χ0n) is 14.7. The number of benzene rings is 1. The van der Waals surface area contributed by atoms with Crippen molar-refractivity contribution in [1.82, 2.24) is 0 Å². The molecule has 1 aromatic rings. The molecule has 1 fully saturated rings. The van der Waals surface area contributed by atoms with Gasteiger partial charge in [0.25, 0.3) is 0 Å². The molecule has 4 nitrogen and oxygen atoms in total. The van der Waals surface area contributed by atoms with Crippen LogP contribution in [-0.2, 0) is 9.31 Å². The third-order valence-electron chi connectivity index (χ3n) is 4.76. The third kappa shape index (κ3) is 3.28. The van der Waals surface area contributed by atoms with Crippen molar-refractivity contribution in [2.24, 2.45) is 11.7 Å². The van der Waals surface area contributed by atoms with Crippen LogP contribution in [0.2, 0.25) is 0 Å². The molecular formula is C17H25BFNO3. The van der Waals surface area contributed by atoms with Gasteiger partial charge in [-0.2, -0.15) is 0 Å². The topological polar surface area (TPSA) is 61.6 Å². The second-order valence-electron chi connectivity index (χ2n) is 7.44. The lowest BCUT2D eigenvalue weighted by atomic mass is 9.75. The fourth-order valence-electron chi connectivity index (χ4n) is 3.08. The molecule has 126 valence electrons. The van der Waals surface area contributed by atoms with Crippen molar-refractivity contribution in [1.29, 1.82) is 0 Å². The molecule has 0 aromatic heterocycles. The summed E-state index contributed by atoms with van der Waals surface area (Å²) in [6.07, 6.45) is 0.813. The minimum absolute atomic E-state index is 0.116. The summed E-state index contributed by atoms with van der Waals surface area (Å²) in [4.78, 5) is 11.4. The van der Waals surface area contributed by atoms with Crippen LogP contribution in [0, 0.1) is 18.7 Å². The van der Waals surface area contributed by atoms with E-state index in [9.17, 15) is 9.18 Å². The quantitative estimate of drug-likeness (QED) is 0.867. The Morgan fingerprint density at radius 3 is 2.43 bits per heavy atom. The maximum absolute atomic E-state index is 14.1. The summed E-state index contributed by atoms with van der Waals surface area (Å²) in [5, 5.41) is 0. The number of amides is 1. The van der Waals surface area contributed by atoms with Gasteiger partial charge in [0.2, 0.25) is 5.91 Å². The van der Waals surface area contributed by atoms with Crippen molar-refractivity contribution in [3.8, 4) is 0 Å². The summed E-state index contributed by atoms with van der Waals surface area (Å²) in [6.45, 7) is 11.8. The van der Waals surface area contributed by atoms with Crippen LogP contribution in [-0.4, -0.2) is 24.2 Å². The molecule has 1 aliphatic rings. The zero-order valence-corrected chi connectivity index (χ0v) is 14.7. The predicted octanol–water partition coefficient (Wildman–Crippen LogP) is 2.56. The van der Waals surface area contributed by atoms with Gasteiger partial charge in [-0.15, -0.1) is 0 Å². The minimum Gasteiger partial charge on any atom is -0.399 e. The number of halogens is 1. The smallest absolute Gasteiger partial charge is 0.399 e. The first-order chi connectivity index (χ1) is 10.5. The lowest BCUT2D eigenvalue weighted by Gasteiger charge is -2.37. The summed E-state index contributed by atoms with van der Waals surface area (Å²) in [6, 6.07) is 2.71. The Kier molecular flexibility index (Phi) is 4.61. The first kappa shape index (κ1) is 18.0. The van der Waals surface area contributed by atoms with E-state index in [1.807, 2.05) is 20.8 Å². The predicted molar refractivity (Wildman–Crippen MR) is 89.2 cm³/mol. The second-order valence-corrected chi connectivity index (χ2v) is 7.44. The Morgan fingerprint density at radius 2 is 1.91 bits per heavy atom. The molecule has 0 radical (unpaired) electrons. The molecule has 1 saturated heterocycles. The molecule has 1 aliphatic heterocycles. The van der Waals surface area contributed by atoms with Crippen LogP contribution in [0.4, 0.5) is 4.39 Å². The van der Waals surface area contributed by atoms with E-state index in [0.29, 0.717) is 16.9 Å². The van der Waals surface area contributed by atoms with Gasteiger partial charge in [0.05, 0.1) is 11.2 Å². The molecule has 1 amide bonds. The standard InChI is InChI=1S/C17H25BFNO3/c1-10(2)9-17(6)16(4,5)22-18(23-17)13-7-12(15(20)21)8-14(19)11(13)3/h7-8,10H,9H2,1-6H3,(H2,20,21). The summed E-state index contributed by atoms with van der Waals surface area (Å²) in [5.74, 6) is -0.734. The van der Waals surface area contributed by atoms with Crippen molar-refractivity contribution >= 4 is 18.5 Å². The average Bonchev–Trinajstić information content (AvgIpc) is 2.61. The van der Waals surface area contributed by atoms with Gasteiger partial charge in [-0.1, -0.05) is 13.8 Å². The van der Waals surface area contributed by atoms with Gasteiger partial charge in [0.1, 0.15) is 5.82 Å². The van der Waals surface area contributed by atoms with Gasteiger partial charge in [-0.3, -0.25) is 4.79 Å². The Hall–Kier alpha value is -1.40. The van der Waals surface area contributed by atoms with E-state index in [2.05, 4.69) is 13.8 Å². The van der Waals surface area contributed by atoms with E-state index >= 15 is 0 Å². The van der Waals surface area contributed by atoms with E-state index in [4.69, 9.17) is 15.0 Å². The largest absolute Gasteiger partial charge is 0.495 e. The van der Waals surface area contributed by atoms with Gasteiger partial charge in [-0.25, -0.2) is 4.39 Å². The number of hydrogen-bond donors (Lipinski definition) is 1. The lowest BCUT2D eigenvalue weighted by molar-refractivity contribution is -0.0239. The van der Waals surface area contributed by atoms with Crippen LogP contribution in [0.1, 0.15) is 57.0 Å². The molecule has 1 aromatic carbocycles. The molecule has 2 N–H and O–H groups in total. The SMILES string of the molecule is Cc1c(F)cc(C(N)=O)cc1B1OC(C)(C)C(C)(CC(C)C)O1. The van der Waals surface area contributed by atoms with E-state index in [-0.39, 0.29) is 5.56 Å². The van der Waals surface area contributed by atoms with Gasteiger partial charge < -0.3 is 15.0 Å². The van der Waals surface area contributed by atoms with Crippen LogP contribution in [0.15, 0.2) is 12.1 Å². The molecule has 2 rings (SSSR count). The molecule has 1 heterocycles. The summed E-state index contributed by atoms with van der Waals surface area (Å²) in [7, 11) is -0.720. The fraction of sp³-hybridized carbons (Fsp3) is 0.588.